The van der Waals surface area contributed by atoms with E-state index in [1.807, 2.05) is 29.4 Å². The fourth-order valence-electron chi connectivity index (χ4n) is 4.20. The van der Waals surface area contributed by atoms with Crippen molar-refractivity contribution < 1.29 is 19.1 Å². The Balaban J connectivity index is 1.38. The molecule has 3 aliphatic heterocycles. The molecule has 0 aromatic heterocycles. The van der Waals surface area contributed by atoms with E-state index in [4.69, 9.17) is 10.00 Å². The van der Waals surface area contributed by atoms with Gasteiger partial charge in [-0.3, -0.25) is 14.6 Å². The summed E-state index contributed by atoms with van der Waals surface area (Å²) in [4.78, 5) is 39.1. The number of nitriles is 1. The molecular formula is C29H33N7O4. The fourth-order valence-corrected chi connectivity index (χ4v) is 4.20. The van der Waals surface area contributed by atoms with E-state index >= 15 is 0 Å². The van der Waals surface area contributed by atoms with E-state index < -0.39 is 11.7 Å². The Bertz CT molecular complexity index is 1370. The minimum atomic E-state index is -0.583. The zero-order chi connectivity index (χ0) is 28.9. The van der Waals surface area contributed by atoms with Gasteiger partial charge in [-0.25, -0.2) is 10.2 Å². The predicted octanol–water partition coefficient (Wildman–Crippen LogP) is 2.28. The van der Waals surface area contributed by atoms with Crippen LogP contribution in [0.4, 0.5) is 4.79 Å². The van der Waals surface area contributed by atoms with Crippen molar-refractivity contribution in [3.05, 3.63) is 88.9 Å². The molecule has 0 aliphatic carbocycles. The first-order chi connectivity index (χ1) is 19.1. The molecule has 1 aromatic rings. The average Bonchev–Trinajstić information content (AvgIpc) is 3.37. The lowest BCUT2D eigenvalue weighted by Crippen LogP contribution is -2.45. The topological polar surface area (TPSA) is 139 Å². The van der Waals surface area contributed by atoms with Gasteiger partial charge in [-0.15, -0.1) is 0 Å². The molecule has 3 heterocycles. The van der Waals surface area contributed by atoms with E-state index in [-0.39, 0.29) is 31.1 Å². The second-order valence-corrected chi connectivity index (χ2v) is 10.3. The lowest BCUT2D eigenvalue weighted by molar-refractivity contribution is -0.127. The van der Waals surface area contributed by atoms with E-state index in [1.54, 1.807) is 69.3 Å². The number of carbonyl (C=O) groups excluding carboxylic acids is 3. The number of dihydropyridines is 1. The molecule has 0 saturated carbocycles. The summed E-state index contributed by atoms with van der Waals surface area (Å²) in [5.41, 5.74) is 6.97. The van der Waals surface area contributed by atoms with Crippen LogP contribution in [-0.2, 0) is 9.53 Å². The van der Waals surface area contributed by atoms with Crippen LogP contribution < -0.4 is 21.4 Å². The number of ether oxygens (including phenoxy) is 1. The summed E-state index contributed by atoms with van der Waals surface area (Å²) < 4.78 is 5.17. The number of likely N-dealkylation sites (N-methyl/N-ethyl adjacent to an activating group) is 1. The Labute approximate surface area is 233 Å². The van der Waals surface area contributed by atoms with Crippen LogP contribution in [0, 0.1) is 11.3 Å². The molecule has 0 fully saturated rings. The van der Waals surface area contributed by atoms with E-state index in [9.17, 15) is 14.4 Å². The number of allylic oxidation sites excluding steroid dienone is 3. The molecule has 0 radical (unpaired) electrons. The standard InChI is InChI=1S/C29H33N7O4/c1-29(2,3)40-28(39)32-13-12-31-26(37)21-8-6-20(7-9-21)23-18-34-36-14-11-22(15-24(23)36)27(38)35(4)25-10-5-19(16-30)17-33-25/h5-11,14-15,17,25,33-34H,12-13,18H2,1-4H3,(H,31,37)(H,32,39). The minimum absolute atomic E-state index is 0.168. The number of hydrazine groups is 1. The molecule has 0 saturated heterocycles. The highest BCUT2D eigenvalue weighted by Crippen LogP contribution is 2.30. The van der Waals surface area contributed by atoms with Crippen LogP contribution in [0.15, 0.2) is 77.8 Å². The second-order valence-electron chi connectivity index (χ2n) is 10.3. The van der Waals surface area contributed by atoms with Crippen molar-refractivity contribution in [3.8, 4) is 6.07 Å². The molecule has 4 N–H and O–H groups in total. The van der Waals surface area contributed by atoms with Gasteiger partial charge in [0.15, 0.2) is 0 Å². The Morgan fingerprint density at radius 1 is 1.15 bits per heavy atom. The van der Waals surface area contributed by atoms with E-state index in [0.717, 1.165) is 16.8 Å². The van der Waals surface area contributed by atoms with Crippen molar-refractivity contribution in [1.82, 2.24) is 31.3 Å². The number of nitrogens with zero attached hydrogens (tertiary/aromatic N) is 3. The predicted molar refractivity (Wildman–Crippen MR) is 150 cm³/mol. The molecule has 3 amide bonds. The largest absolute Gasteiger partial charge is 0.444 e. The second kappa shape index (κ2) is 11.9. The third-order valence-corrected chi connectivity index (χ3v) is 6.25. The number of amides is 3. The maximum absolute atomic E-state index is 13.2. The quantitative estimate of drug-likeness (QED) is 0.384. The molecule has 1 aromatic carbocycles. The Kier molecular flexibility index (Phi) is 8.40. The van der Waals surface area contributed by atoms with Crippen LogP contribution in [-0.4, -0.2) is 66.3 Å². The van der Waals surface area contributed by atoms with Crippen molar-refractivity contribution in [1.29, 1.82) is 5.26 Å². The molecule has 4 rings (SSSR count). The molecule has 0 spiro atoms. The minimum Gasteiger partial charge on any atom is -0.444 e. The van der Waals surface area contributed by atoms with Gasteiger partial charge < -0.3 is 25.6 Å². The average molecular weight is 544 g/mol. The molecule has 1 atom stereocenters. The third-order valence-electron chi connectivity index (χ3n) is 6.25. The summed E-state index contributed by atoms with van der Waals surface area (Å²) in [5.74, 6) is -0.418. The molecule has 0 bridgehead atoms. The van der Waals surface area contributed by atoms with Crippen LogP contribution in [0.2, 0.25) is 0 Å². The van der Waals surface area contributed by atoms with Crippen molar-refractivity contribution in [3.63, 3.8) is 0 Å². The summed E-state index contributed by atoms with van der Waals surface area (Å²) in [7, 11) is 1.70. The van der Waals surface area contributed by atoms with Gasteiger partial charge in [0.1, 0.15) is 17.8 Å². The van der Waals surface area contributed by atoms with E-state index in [2.05, 4.69) is 27.4 Å². The number of hydrogen-bond acceptors (Lipinski definition) is 8. The number of fused-ring (bicyclic) bond motifs is 1. The van der Waals surface area contributed by atoms with Gasteiger partial charge >= 0.3 is 6.09 Å². The van der Waals surface area contributed by atoms with Crippen LogP contribution >= 0.6 is 0 Å². The van der Waals surface area contributed by atoms with Crippen LogP contribution in [0.3, 0.4) is 0 Å². The molecule has 40 heavy (non-hydrogen) atoms. The first-order valence-corrected chi connectivity index (χ1v) is 12.9. The smallest absolute Gasteiger partial charge is 0.407 e. The fraction of sp³-hybridized carbons (Fsp3) is 0.310. The zero-order valence-electron chi connectivity index (χ0n) is 22.9. The molecule has 11 nitrogen and oxygen atoms in total. The van der Waals surface area contributed by atoms with Gasteiger partial charge in [-0.1, -0.05) is 12.1 Å². The normalized spacial score (nSPS) is 17.7. The number of alkyl carbamates (subject to hydrolysis) is 1. The van der Waals surface area contributed by atoms with E-state index in [0.29, 0.717) is 23.3 Å². The molecule has 1 unspecified atom stereocenters. The first kappa shape index (κ1) is 28.2. The first-order valence-electron chi connectivity index (χ1n) is 12.9. The number of hydrogen-bond donors (Lipinski definition) is 4. The number of rotatable bonds is 7. The van der Waals surface area contributed by atoms with Gasteiger partial charge in [0, 0.05) is 55.8 Å². The van der Waals surface area contributed by atoms with Gasteiger partial charge in [-0.2, -0.15) is 5.26 Å². The van der Waals surface area contributed by atoms with Gasteiger partial charge in [-0.05, 0) is 62.8 Å². The lowest BCUT2D eigenvalue weighted by Gasteiger charge is -2.29. The summed E-state index contributed by atoms with van der Waals surface area (Å²) in [6.07, 6.45) is 9.57. The van der Waals surface area contributed by atoms with Gasteiger partial charge in [0.25, 0.3) is 11.8 Å². The summed E-state index contributed by atoms with van der Waals surface area (Å²) >= 11 is 0. The van der Waals surface area contributed by atoms with Crippen LogP contribution in [0.25, 0.3) is 5.57 Å². The highest BCUT2D eigenvalue weighted by molar-refractivity contribution is 5.98. The summed E-state index contributed by atoms with van der Waals surface area (Å²) in [5, 5.41) is 19.3. The van der Waals surface area contributed by atoms with Crippen LogP contribution in [0.1, 0.15) is 36.7 Å². The highest BCUT2D eigenvalue weighted by atomic mass is 16.6. The molecule has 208 valence electrons. The summed E-state index contributed by atoms with van der Waals surface area (Å²) in [6, 6.07) is 9.29. The van der Waals surface area contributed by atoms with Crippen molar-refractivity contribution >= 4 is 23.5 Å². The number of benzene rings is 1. The third kappa shape index (κ3) is 6.78. The zero-order valence-corrected chi connectivity index (χ0v) is 22.9. The van der Waals surface area contributed by atoms with E-state index in [1.165, 1.54) is 0 Å². The van der Waals surface area contributed by atoms with Gasteiger partial charge in [0.2, 0.25) is 0 Å². The molecular weight excluding hydrogens is 510 g/mol. The Hall–Kier alpha value is -4.82. The molecule has 11 heteroatoms. The monoisotopic (exact) mass is 543 g/mol. The molecule has 3 aliphatic rings. The van der Waals surface area contributed by atoms with Gasteiger partial charge in [0.05, 0.1) is 11.3 Å². The highest BCUT2D eigenvalue weighted by Gasteiger charge is 2.27. The lowest BCUT2D eigenvalue weighted by atomic mass is 10.00. The Morgan fingerprint density at radius 3 is 2.52 bits per heavy atom. The summed E-state index contributed by atoms with van der Waals surface area (Å²) in [6.45, 7) is 6.42. The van der Waals surface area contributed by atoms with Crippen molar-refractivity contribution in [2.45, 2.75) is 32.5 Å². The number of nitrogens with one attached hydrogen (secondary N) is 4. The van der Waals surface area contributed by atoms with Crippen molar-refractivity contribution in [2.24, 2.45) is 0 Å². The SMILES string of the molecule is CN(C(=O)C1=CC2=C(c3ccc(C(=O)NCCNC(=O)OC(C)(C)C)cc3)CNN2C=C1)C1C=CC(C#N)=CN1. The van der Waals surface area contributed by atoms with Crippen molar-refractivity contribution in [2.75, 3.05) is 26.7 Å². The maximum Gasteiger partial charge on any atom is 0.407 e. The number of carbonyl (C=O) groups is 3. The maximum atomic E-state index is 13.2. The Morgan fingerprint density at radius 2 is 1.88 bits per heavy atom. The van der Waals surface area contributed by atoms with Crippen LogP contribution in [0.5, 0.6) is 0 Å².